The number of sulfonamides is 1. The van der Waals surface area contributed by atoms with Crippen LogP contribution in [0.15, 0.2) is 47.6 Å². The summed E-state index contributed by atoms with van der Waals surface area (Å²) in [4.78, 5) is 17.4. The van der Waals surface area contributed by atoms with Crippen LogP contribution in [0.25, 0.3) is 0 Å². The lowest BCUT2D eigenvalue weighted by atomic mass is 10.0. The molecular formula is C24H29N3O5S. The van der Waals surface area contributed by atoms with Gasteiger partial charge < -0.3 is 14.7 Å². The molecule has 0 radical (unpaired) electrons. The number of nitrogens with zero attached hydrogens (tertiary/aromatic N) is 3. The topological polar surface area (TPSA) is 100 Å². The zero-order chi connectivity index (χ0) is 24.2. The van der Waals surface area contributed by atoms with E-state index in [1.165, 1.54) is 17.3 Å². The molecule has 3 atom stereocenters. The molecule has 1 aromatic heterocycles. The molecule has 0 fully saturated rings. The number of carbonyl (C=O) groups is 1. The zero-order valence-electron chi connectivity index (χ0n) is 19.2. The van der Waals surface area contributed by atoms with Gasteiger partial charge in [-0.3, -0.25) is 9.78 Å². The maximum Gasteiger partial charge on any atom is 0.247 e. The van der Waals surface area contributed by atoms with Crippen LogP contribution in [0.5, 0.6) is 5.75 Å². The standard InChI is InChI=1S/C24H29N3O5S/c1-17-14-27(18(2)16-28)33(30,31)24-8-7-21(6-5-20-9-11-25-12-10-20)13-22(24)32-23(17)15-26(4)19(3)29/h7-13,17-18,23,28H,14-16H2,1-4H3/t17-,18-,23+/m0/s1. The Bertz CT molecular complexity index is 1160. The highest BCUT2D eigenvalue weighted by Gasteiger charge is 2.38. The van der Waals surface area contributed by atoms with Gasteiger partial charge in [0, 0.05) is 56.0 Å². The van der Waals surface area contributed by atoms with Crippen molar-refractivity contribution in [3.05, 3.63) is 53.9 Å². The normalized spacial score (nSPS) is 20.8. The molecule has 0 aliphatic carbocycles. The van der Waals surface area contributed by atoms with E-state index >= 15 is 0 Å². The number of amides is 1. The molecule has 0 spiro atoms. The third-order valence-corrected chi connectivity index (χ3v) is 7.71. The Balaban J connectivity index is 2.08. The van der Waals surface area contributed by atoms with Gasteiger partial charge in [0.25, 0.3) is 0 Å². The second-order valence-corrected chi connectivity index (χ2v) is 10.1. The molecule has 0 unspecified atom stereocenters. The van der Waals surface area contributed by atoms with Gasteiger partial charge in [0.05, 0.1) is 13.2 Å². The maximum atomic E-state index is 13.5. The van der Waals surface area contributed by atoms with Gasteiger partial charge in [-0.25, -0.2) is 8.42 Å². The molecule has 9 heteroatoms. The third-order valence-electron chi connectivity index (χ3n) is 5.69. The number of benzene rings is 1. The molecule has 0 bridgehead atoms. The summed E-state index contributed by atoms with van der Waals surface area (Å²) in [6, 6.07) is 7.69. The van der Waals surface area contributed by atoms with Crippen molar-refractivity contribution < 1.29 is 23.1 Å². The summed E-state index contributed by atoms with van der Waals surface area (Å²) < 4.78 is 34.5. The number of hydrogen-bond donors (Lipinski definition) is 1. The summed E-state index contributed by atoms with van der Waals surface area (Å²) in [5.74, 6) is 5.89. The number of likely N-dealkylation sites (N-methyl/N-ethyl adjacent to an activating group) is 1. The van der Waals surface area contributed by atoms with Gasteiger partial charge in [0.1, 0.15) is 16.7 Å². The molecule has 176 valence electrons. The summed E-state index contributed by atoms with van der Waals surface area (Å²) in [7, 11) is -2.25. The van der Waals surface area contributed by atoms with E-state index in [2.05, 4.69) is 16.8 Å². The van der Waals surface area contributed by atoms with Gasteiger partial charge in [-0.05, 0) is 37.3 Å². The van der Waals surface area contributed by atoms with Crippen molar-refractivity contribution in [2.75, 3.05) is 26.7 Å². The van der Waals surface area contributed by atoms with E-state index in [0.717, 1.165) is 5.56 Å². The Labute approximate surface area is 195 Å². The van der Waals surface area contributed by atoms with Crippen molar-refractivity contribution in [1.82, 2.24) is 14.2 Å². The van der Waals surface area contributed by atoms with E-state index < -0.39 is 22.2 Å². The van der Waals surface area contributed by atoms with Gasteiger partial charge in [-0.2, -0.15) is 4.31 Å². The lowest BCUT2D eigenvalue weighted by Crippen LogP contribution is -2.50. The van der Waals surface area contributed by atoms with Crippen molar-refractivity contribution in [2.24, 2.45) is 5.92 Å². The number of pyridine rings is 1. The Morgan fingerprint density at radius 2 is 1.94 bits per heavy atom. The van der Waals surface area contributed by atoms with E-state index in [9.17, 15) is 18.3 Å². The first-order valence-electron chi connectivity index (χ1n) is 10.7. The number of aliphatic hydroxyl groups excluding tert-OH is 1. The number of aromatic nitrogens is 1. The smallest absolute Gasteiger partial charge is 0.247 e. The number of aliphatic hydroxyl groups is 1. The van der Waals surface area contributed by atoms with Gasteiger partial charge in [-0.15, -0.1) is 0 Å². The lowest BCUT2D eigenvalue weighted by Gasteiger charge is -2.37. The van der Waals surface area contributed by atoms with Crippen LogP contribution in [-0.2, 0) is 14.8 Å². The first kappa shape index (κ1) is 24.7. The second-order valence-electron chi connectivity index (χ2n) is 8.29. The highest BCUT2D eigenvalue weighted by molar-refractivity contribution is 7.89. The zero-order valence-corrected chi connectivity index (χ0v) is 20.0. The van der Waals surface area contributed by atoms with E-state index in [-0.39, 0.29) is 35.6 Å². The van der Waals surface area contributed by atoms with Gasteiger partial charge in [0.2, 0.25) is 15.9 Å². The predicted octanol–water partition coefficient (Wildman–Crippen LogP) is 1.73. The van der Waals surface area contributed by atoms with Gasteiger partial charge in [-0.1, -0.05) is 18.8 Å². The third kappa shape index (κ3) is 5.71. The van der Waals surface area contributed by atoms with E-state index in [4.69, 9.17) is 4.74 Å². The molecule has 1 aliphatic rings. The fourth-order valence-corrected chi connectivity index (χ4v) is 5.33. The second kappa shape index (κ2) is 10.3. The van der Waals surface area contributed by atoms with E-state index in [1.807, 2.05) is 6.92 Å². The average Bonchev–Trinajstić information content (AvgIpc) is 2.79. The lowest BCUT2D eigenvalue weighted by molar-refractivity contribution is -0.129. The molecule has 1 amide bonds. The maximum absolute atomic E-state index is 13.5. The van der Waals surface area contributed by atoms with Crippen molar-refractivity contribution in [3.8, 4) is 17.6 Å². The molecule has 2 aromatic rings. The van der Waals surface area contributed by atoms with E-state index in [0.29, 0.717) is 12.1 Å². The van der Waals surface area contributed by atoms with Crippen LogP contribution in [0.4, 0.5) is 0 Å². The minimum absolute atomic E-state index is 0.0136. The number of rotatable bonds is 4. The minimum atomic E-state index is -3.93. The molecule has 0 saturated carbocycles. The summed E-state index contributed by atoms with van der Waals surface area (Å²) in [5, 5.41) is 9.71. The summed E-state index contributed by atoms with van der Waals surface area (Å²) >= 11 is 0. The summed E-state index contributed by atoms with van der Waals surface area (Å²) in [5.41, 5.74) is 1.37. The van der Waals surface area contributed by atoms with Gasteiger partial charge in [0.15, 0.2) is 0 Å². The Kier molecular flexibility index (Phi) is 7.74. The Hall–Kier alpha value is -2.93. The van der Waals surface area contributed by atoms with E-state index in [1.54, 1.807) is 55.5 Å². The SMILES string of the molecule is CC(=O)N(C)C[C@H]1Oc2cc(C#Cc3ccncc3)ccc2S(=O)(=O)N([C@@H](C)CO)C[C@@H]1C. The van der Waals surface area contributed by atoms with Crippen molar-refractivity contribution in [3.63, 3.8) is 0 Å². The fourth-order valence-electron chi connectivity index (χ4n) is 3.50. The molecule has 1 N–H and O–H groups in total. The highest BCUT2D eigenvalue weighted by Crippen LogP contribution is 2.34. The minimum Gasteiger partial charge on any atom is -0.487 e. The number of carbonyl (C=O) groups excluding carboxylic acids is 1. The van der Waals surface area contributed by atoms with Crippen molar-refractivity contribution in [2.45, 2.75) is 37.8 Å². The van der Waals surface area contributed by atoms with Gasteiger partial charge >= 0.3 is 0 Å². The molecule has 2 heterocycles. The predicted molar refractivity (Wildman–Crippen MR) is 124 cm³/mol. The molecular weight excluding hydrogens is 442 g/mol. The monoisotopic (exact) mass is 471 g/mol. The van der Waals surface area contributed by atoms with Crippen LogP contribution in [0.1, 0.15) is 31.9 Å². The van der Waals surface area contributed by atoms with Crippen molar-refractivity contribution >= 4 is 15.9 Å². The largest absolute Gasteiger partial charge is 0.487 e. The Morgan fingerprint density at radius 1 is 1.27 bits per heavy atom. The fraction of sp³-hybridized carbons (Fsp3) is 0.417. The first-order chi connectivity index (χ1) is 15.6. The van der Waals surface area contributed by atoms with Crippen LogP contribution >= 0.6 is 0 Å². The van der Waals surface area contributed by atoms with Crippen LogP contribution in [0.2, 0.25) is 0 Å². The molecule has 1 aliphatic heterocycles. The first-order valence-corrected chi connectivity index (χ1v) is 12.1. The van der Waals surface area contributed by atoms with Crippen LogP contribution in [0.3, 0.4) is 0 Å². The number of ether oxygens (including phenoxy) is 1. The average molecular weight is 472 g/mol. The molecule has 3 rings (SSSR count). The quantitative estimate of drug-likeness (QED) is 0.682. The number of hydrogen-bond acceptors (Lipinski definition) is 6. The molecule has 1 aromatic carbocycles. The number of fused-ring (bicyclic) bond motifs is 1. The summed E-state index contributed by atoms with van der Waals surface area (Å²) in [6.45, 7) is 5.16. The molecule has 8 nitrogen and oxygen atoms in total. The summed E-state index contributed by atoms with van der Waals surface area (Å²) in [6.07, 6.45) is 2.84. The van der Waals surface area contributed by atoms with Crippen molar-refractivity contribution in [1.29, 1.82) is 0 Å². The van der Waals surface area contributed by atoms with Crippen LogP contribution < -0.4 is 4.74 Å². The highest BCUT2D eigenvalue weighted by atomic mass is 32.2. The molecule has 33 heavy (non-hydrogen) atoms. The van der Waals surface area contributed by atoms with Crippen LogP contribution in [-0.4, -0.2) is 72.5 Å². The molecule has 0 saturated heterocycles. The Morgan fingerprint density at radius 3 is 2.58 bits per heavy atom. The van der Waals surface area contributed by atoms with Crippen LogP contribution in [0, 0.1) is 17.8 Å².